The predicted molar refractivity (Wildman–Crippen MR) is 53.4 cm³/mol. The number of likely N-dealkylation sites (tertiary alicyclic amines) is 1. The molecule has 1 N–H and O–H groups in total. The van der Waals surface area contributed by atoms with Gasteiger partial charge in [0.15, 0.2) is 0 Å². The van der Waals surface area contributed by atoms with E-state index in [-0.39, 0.29) is 13.1 Å². The highest BCUT2D eigenvalue weighted by Crippen LogP contribution is 2.18. The van der Waals surface area contributed by atoms with E-state index in [1.807, 2.05) is 0 Å². The Kier molecular flexibility index (Phi) is 3.34. The fraction of sp³-hybridized carbons (Fsp3) is 0.800. The zero-order valence-electron chi connectivity index (χ0n) is 9.27. The fourth-order valence-electron chi connectivity index (χ4n) is 1.42. The van der Waals surface area contributed by atoms with Crippen LogP contribution in [0.15, 0.2) is 0 Å². The van der Waals surface area contributed by atoms with E-state index in [0.717, 1.165) is 0 Å². The average Bonchev–Trinajstić information content (AvgIpc) is 2.43. The molecule has 1 fully saturated rings. The zero-order chi connectivity index (χ0) is 11.6. The third-order valence-corrected chi connectivity index (χ3v) is 2.16. The molecule has 0 bridgehead atoms. The Bertz CT molecular complexity index is 259. The van der Waals surface area contributed by atoms with E-state index in [2.05, 4.69) is 0 Å². The van der Waals surface area contributed by atoms with Crippen LogP contribution in [0.1, 0.15) is 20.8 Å². The van der Waals surface area contributed by atoms with Crippen molar-refractivity contribution in [3.63, 3.8) is 0 Å². The van der Waals surface area contributed by atoms with Gasteiger partial charge in [-0.05, 0) is 20.8 Å². The van der Waals surface area contributed by atoms with Gasteiger partial charge in [0, 0.05) is 6.54 Å². The van der Waals surface area contributed by atoms with Gasteiger partial charge in [-0.3, -0.25) is 0 Å². The molecule has 0 aromatic rings. The second kappa shape index (κ2) is 4.18. The van der Waals surface area contributed by atoms with Crippen molar-refractivity contribution >= 4 is 12.4 Å². The van der Waals surface area contributed by atoms with Crippen LogP contribution >= 0.6 is 0 Å². The van der Waals surface area contributed by atoms with E-state index in [0.29, 0.717) is 6.29 Å². The molecular weight excluding hydrogens is 198 g/mol. The number of ether oxygens (including phenoxy) is 1. The molecule has 1 heterocycles. The lowest BCUT2D eigenvalue weighted by atomic mass is 10.1. The maximum absolute atomic E-state index is 11.5. The molecule has 86 valence electrons. The predicted octanol–water partition coefficient (Wildman–Crippen LogP) is 0.413. The van der Waals surface area contributed by atoms with Crippen LogP contribution in [0.25, 0.3) is 0 Å². The van der Waals surface area contributed by atoms with Gasteiger partial charge in [-0.15, -0.1) is 0 Å². The molecule has 1 aliphatic rings. The van der Waals surface area contributed by atoms with Crippen LogP contribution in [0.2, 0.25) is 0 Å². The summed E-state index contributed by atoms with van der Waals surface area (Å²) in [5.74, 6) is -0.488. The zero-order valence-corrected chi connectivity index (χ0v) is 9.27. The second-order valence-corrected chi connectivity index (χ2v) is 4.75. The molecular formula is C10H17NO4. The molecule has 0 aromatic carbocycles. The molecule has 5 heteroatoms. The molecule has 0 spiro atoms. The van der Waals surface area contributed by atoms with Crippen LogP contribution in [0.5, 0.6) is 0 Å². The lowest BCUT2D eigenvalue weighted by Gasteiger charge is -2.24. The summed E-state index contributed by atoms with van der Waals surface area (Å²) in [5.41, 5.74) is -0.554. The molecule has 0 saturated carbocycles. The van der Waals surface area contributed by atoms with Gasteiger partial charge < -0.3 is 19.5 Å². The van der Waals surface area contributed by atoms with Crippen molar-refractivity contribution in [2.24, 2.45) is 5.92 Å². The first-order valence-electron chi connectivity index (χ1n) is 4.95. The minimum Gasteiger partial charge on any atom is -0.444 e. The molecule has 2 atom stereocenters. The summed E-state index contributed by atoms with van der Waals surface area (Å²) in [7, 11) is 0. The van der Waals surface area contributed by atoms with Crippen molar-refractivity contribution in [1.29, 1.82) is 0 Å². The number of nitrogens with zero attached hydrogens (tertiary/aromatic N) is 1. The van der Waals surface area contributed by atoms with Gasteiger partial charge in [0.1, 0.15) is 11.9 Å². The van der Waals surface area contributed by atoms with Crippen LogP contribution in [-0.4, -0.2) is 47.2 Å². The number of β-amino-alcohol motifs (C(OH)–C–C–N with tert-alkyl or cyclic N) is 1. The Morgan fingerprint density at radius 3 is 2.47 bits per heavy atom. The third-order valence-electron chi connectivity index (χ3n) is 2.16. The molecule has 1 amide bonds. The van der Waals surface area contributed by atoms with Crippen LogP contribution in [0.4, 0.5) is 4.79 Å². The van der Waals surface area contributed by atoms with Crippen molar-refractivity contribution in [2.45, 2.75) is 32.5 Å². The summed E-state index contributed by atoms with van der Waals surface area (Å²) in [6.07, 6.45) is -0.574. The van der Waals surface area contributed by atoms with Crippen LogP contribution in [0, 0.1) is 5.92 Å². The monoisotopic (exact) mass is 215 g/mol. The molecule has 1 aliphatic heterocycles. The van der Waals surface area contributed by atoms with E-state index in [4.69, 9.17) is 4.74 Å². The summed E-state index contributed by atoms with van der Waals surface area (Å²) in [6.45, 7) is 5.72. The highest BCUT2D eigenvalue weighted by atomic mass is 16.6. The molecule has 0 radical (unpaired) electrons. The quantitative estimate of drug-likeness (QED) is 0.643. The van der Waals surface area contributed by atoms with Crippen molar-refractivity contribution in [1.82, 2.24) is 4.90 Å². The number of aliphatic hydroxyl groups excluding tert-OH is 1. The lowest BCUT2D eigenvalue weighted by Crippen LogP contribution is -2.35. The van der Waals surface area contributed by atoms with Crippen molar-refractivity contribution in [2.75, 3.05) is 13.1 Å². The van der Waals surface area contributed by atoms with Crippen molar-refractivity contribution < 1.29 is 19.4 Å². The number of amides is 1. The summed E-state index contributed by atoms with van der Waals surface area (Å²) >= 11 is 0. The van der Waals surface area contributed by atoms with E-state index in [1.165, 1.54) is 4.90 Å². The Morgan fingerprint density at radius 1 is 1.47 bits per heavy atom. The van der Waals surface area contributed by atoms with E-state index < -0.39 is 23.7 Å². The number of aliphatic hydroxyl groups is 1. The van der Waals surface area contributed by atoms with Crippen LogP contribution < -0.4 is 0 Å². The van der Waals surface area contributed by atoms with E-state index >= 15 is 0 Å². The molecule has 15 heavy (non-hydrogen) atoms. The molecule has 0 aromatic heterocycles. The first-order valence-corrected chi connectivity index (χ1v) is 4.95. The Balaban J connectivity index is 2.53. The van der Waals surface area contributed by atoms with Gasteiger partial charge in [0.05, 0.1) is 18.6 Å². The smallest absolute Gasteiger partial charge is 0.410 e. The maximum Gasteiger partial charge on any atom is 0.410 e. The first-order chi connectivity index (χ1) is 6.83. The third kappa shape index (κ3) is 3.20. The number of hydrogen-bond donors (Lipinski definition) is 1. The summed E-state index contributed by atoms with van der Waals surface area (Å²) < 4.78 is 5.12. The SMILES string of the molecule is CC(C)(C)OC(=O)N1C[C@H](O)[C@@H](C=O)C1. The van der Waals surface area contributed by atoms with Gasteiger partial charge in [-0.1, -0.05) is 0 Å². The van der Waals surface area contributed by atoms with E-state index in [1.54, 1.807) is 20.8 Å². The molecule has 0 aliphatic carbocycles. The fourth-order valence-corrected chi connectivity index (χ4v) is 1.42. The normalized spacial score (nSPS) is 26.5. The van der Waals surface area contributed by atoms with E-state index in [9.17, 15) is 14.7 Å². The molecule has 5 nitrogen and oxygen atoms in total. The van der Waals surface area contributed by atoms with Crippen molar-refractivity contribution in [3.8, 4) is 0 Å². The van der Waals surface area contributed by atoms with Crippen LogP contribution in [0.3, 0.4) is 0 Å². The lowest BCUT2D eigenvalue weighted by molar-refractivity contribution is -0.112. The highest BCUT2D eigenvalue weighted by Gasteiger charge is 2.35. The van der Waals surface area contributed by atoms with Gasteiger partial charge in [0.2, 0.25) is 0 Å². The second-order valence-electron chi connectivity index (χ2n) is 4.75. The minimum absolute atomic E-state index is 0.165. The molecule has 0 unspecified atom stereocenters. The molecule has 1 rings (SSSR count). The summed E-state index contributed by atoms with van der Waals surface area (Å²) in [6, 6.07) is 0. The van der Waals surface area contributed by atoms with Crippen molar-refractivity contribution in [3.05, 3.63) is 0 Å². The van der Waals surface area contributed by atoms with Crippen LogP contribution in [-0.2, 0) is 9.53 Å². The largest absolute Gasteiger partial charge is 0.444 e. The minimum atomic E-state index is -0.769. The van der Waals surface area contributed by atoms with Gasteiger partial charge in [-0.2, -0.15) is 0 Å². The number of carbonyl (C=O) groups is 2. The number of carbonyl (C=O) groups excluding carboxylic acids is 2. The number of hydrogen-bond acceptors (Lipinski definition) is 4. The number of rotatable bonds is 1. The summed E-state index contributed by atoms with van der Waals surface area (Å²) in [4.78, 5) is 23.4. The maximum atomic E-state index is 11.5. The first kappa shape index (κ1) is 12.0. The Hall–Kier alpha value is -1.10. The van der Waals surface area contributed by atoms with Gasteiger partial charge >= 0.3 is 6.09 Å². The molecule has 1 saturated heterocycles. The summed E-state index contributed by atoms with van der Waals surface area (Å²) in [5, 5.41) is 9.43. The average molecular weight is 215 g/mol. The highest BCUT2D eigenvalue weighted by molar-refractivity contribution is 5.70. The number of aldehydes is 1. The topological polar surface area (TPSA) is 66.8 Å². The standard InChI is InChI=1S/C10H17NO4/c1-10(2,3)15-9(14)11-4-7(6-12)8(13)5-11/h6-8,13H,4-5H2,1-3H3/t7-,8+/m1/s1. The Morgan fingerprint density at radius 2 is 2.07 bits per heavy atom. The van der Waals surface area contributed by atoms with Gasteiger partial charge in [0.25, 0.3) is 0 Å². The Labute approximate surface area is 89.0 Å². The van der Waals surface area contributed by atoms with Gasteiger partial charge in [-0.25, -0.2) is 4.79 Å².